The Morgan fingerprint density at radius 2 is 2.04 bits per heavy atom. The number of nitrogens with zero attached hydrogens (tertiary/aromatic N) is 3. The molecule has 0 atom stereocenters. The molecule has 1 N–H and O–H groups in total. The van der Waals surface area contributed by atoms with E-state index in [1.165, 1.54) is 0 Å². The van der Waals surface area contributed by atoms with Gasteiger partial charge in [-0.15, -0.1) is 6.58 Å². The zero-order valence-electron chi connectivity index (χ0n) is 13.8. The van der Waals surface area contributed by atoms with E-state index in [0.717, 1.165) is 22.7 Å². The molecule has 0 aliphatic carbocycles. The third-order valence-corrected chi connectivity index (χ3v) is 3.65. The van der Waals surface area contributed by atoms with Crippen LogP contribution in [0.15, 0.2) is 67.6 Å². The van der Waals surface area contributed by atoms with Crippen LogP contribution in [0.4, 0.5) is 0 Å². The van der Waals surface area contributed by atoms with Gasteiger partial charge in [0.2, 0.25) is 0 Å². The molecule has 0 spiro atoms. The third-order valence-electron chi connectivity index (χ3n) is 3.65. The number of pyridine rings is 1. The second-order valence-electron chi connectivity index (χ2n) is 5.30. The van der Waals surface area contributed by atoms with E-state index in [1.54, 1.807) is 42.4 Å². The van der Waals surface area contributed by atoms with Gasteiger partial charge in [-0.3, -0.25) is 9.78 Å². The molecule has 0 unspecified atom stereocenters. The number of carbonyl (C=O) groups excluding carboxylic acids is 1. The topological polar surface area (TPSA) is 69.0 Å². The third kappa shape index (κ3) is 3.74. The van der Waals surface area contributed by atoms with Crippen molar-refractivity contribution in [2.24, 2.45) is 0 Å². The molecular weight excluding hydrogens is 316 g/mol. The van der Waals surface area contributed by atoms with Gasteiger partial charge in [-0.2, -0.15) is 5.10 Å². The van der Waals surface area contributed by atoms with Gasteiger partial charge in [0.05, 0.1) is 30.3 Å². The molecule has 0 bridgehead atoms. The van der Waals surface area contributed by atoms with Crippen molar-refractivity contribution < 1.29 is 9.53 Å². The number of aromatic nitrogens is 3. The van der Waals surface area contributed by atoms with Crippen molar-refractivity contribution in [1.82, 2.24) is 20.1 Å². The fourth-order valence-corrected chi connectivity index (χ4v) is 2.30. The first-order valence-corrected chi connectivity index (χ1v) is 7.76. The van der Waals surface area contributed by atoms with E-state index in [1.807, 2.05) is 30.5 Å². The molecule has 0 saturated carbocycles. The summed E-state index contributed by atoms with van der Waals surface area (Å²) < 4.78 is 6.92. The van der Waals surface area contributed by atoms with Crippen molar-refractivity contribution in [3.63, 3.8) is 0 Å². The van der Waals surface area contributed by atoms with Gasteiger partial charge in [-0.1, -0.05) is 6.08 Å². The van der Waals surface area contributed by atoms with Gasteiger partial charge in [-0.25, -0.2) is 4.68 Å². The van der Waals surface area contributed by atoms with Crippen LogP contribution in [0.1, 0.15) is 10.4 Å². The molecule has 0 radical (unpaired) electrons. The summed E-state index contributed by atoms with van der Waals surface area (Å²) in [6.45, 7) is 4.00. The maximum absolute atomic E-state index is 11.9. The largest absolute Gasteiger partial charge is 0.497 e. The van der Waals surface area contributed by atoms with Crippen LogP contribution >= 0.6 is 0 Å². The first kappa shape index (κ1) is 16.4. The minimum absolute atomic E-state index is 0.173. The molecule has 1 aromatic carbocycles. The summed E-state index contributed by atoms with van der Waals surface area (Å²) in [6.07, 6.45) is 6.82. The lowest BCUT2D eigenvalue weighted by Crippen LogP contribution is -2.23. The van der Waals surface area contributed by atoms with Crippen LogP contribution < -0.4 is 10.1 Å². The second-order valence-corrected chi connectivity index (χ2v) is 5.30. The molecule has 2 aromatic heterocycles. The first-order valence-electron chi connectivity index (χ1n) is 7.76. The van der Waals surface area contributed by atoms with E-state index in [-0.39, 0.29) is 5.91 Å². The number of nitrogens with one attached hydrogen (secondary N) is 1. The molecule has 0 aliphatic heterocycles. The number of amides is 1. The van der Waals surface area contributed by atoms with Crippen molar-refractivity contribution in [3.8, 4) is 22.7 Å². The molecule has 3 rings (SSSR count). The summed E-state index contributed by atoms with van der Waals surface area (Å²) in [4.78, 5) is 16.2. The number of benzene rings is 1. The van der Waals surface area contributed by atoms with Gasteiger partial charge >= 0.3 is 0 Å². The molecule has 0 saturated heterocycles. The lowest BCUT2D eigenvalue weighted by Gasteiger charge is -2.03. The monoisotopic (exact) mass is 334 g/mol. The molecule has 0 fully saturated rings. The standard InChI is InChI=1S/C19H18N4O2/c1-3-10-20-19(24)14-4-9-18(21-11-14)15-12-22-23(13-15)16-5-7-17(25-2)8-6-16/h3-9,11-13H,1,10H2,2H3,(H,20,24). The van der Waals surface area contributed by atoms with E-state index in [9.17, 15) is 4.79 Å². The Hall–Kier alpha value is -3.41. The van der Waals surface area contributed by atoms with Crippen LogP contribution in [0, 0.1) is 0 Å². The van der Waals surface area contributed by atoms with Crippen molar-refractivity contribution in [1.29, 1.82) is 0 Å². The Bertz CT molecular complexity index is 867. The van der Waals surface area contributed by atoms with Crippen LogP contribution in [0.25, 0.3) is 16.9 Å². The maximum atomic E-state index is 11.9. The zero-order chi connectivity index (χ0) is 17.6. The van der Waals surface area contributed by atoms with Gasteiger partial charge in [0.15, 0.2) is 0 Å². The van der Waals surface area contributed by atoms with Crippen molar-refractivity contribution in [3.05, 3.63) is 73.2 Å². The number of hydrogen-bond acceptors (Lipinski definition) is 4. The quantitative estimate of drug-likeness (QED) is 0.704. The number of methoxy groups -OCH3 is 1. The number of hydrogen-bond donors (Lipinski definition) is 1. The highest BCUT2D eigenvalue weighted by atomic mass is 16.5. The Balaban J connectivity index is 1.77. The predicted molar refractivity (Wildman–Crippen MR) is 95.9 cm³/mol. The molecule has 0 aliphatic rings. The van der Waals surface area contributed by atoms with Crippen LogP contribution in [0.3, 0.4) is 0 Å². The second kappa shape index (κ2) is 7.44. The highest BCUT2D eigenvalue weighted by molar-refractivity contribution is 5.94. The Labute approximate surface area is 145 Å². The van der Waals surface area contributed by atoms with Crippen LogP contribution in [-0.4, -0.2) is 34.3 Å². The van der Waals surface area contributed by atoms with Crippen molar-refractivity contribution >= 4 is 5.91 Å². The smallest absolute Gasteiger partial charge is 0.253 e. The summed E-state index contributed by atoms with van der Waals surface area (Å²) in [5, 5.41) is 7.08. The van der Waals surface area contributed by atoms with Gasteiger partial charge in [0.1, 0.15) is 5.75 Å². The Kier molecular flexibility index (Phi) is 4.89. The highest BCUT2D eigenvalue weighted by Gasteiger charge is 2.08. The van der Waals surface area contributed by atoms with Gasteiger partial charge < -0.3 is 10.1 Å². The molecule has 25 heavy (non-hydrogen) atoms. The predicted octanol–water partition coefficient (Wildman–Crippen LogP) is 2.86. The average Bonchev–Trinajstić information content (AvgIpc) is 3.16. The molecule has 126 valence electrons. The van der Waals surface area contributed by atoms with E-state index in [0.29, 0.717) is 12.1 Å². The minimum atomic E-state index is -0.173. The van der Waals surface area contributed by atoms with Crippen LogP contribution in [0.5, 0.6) is 5.75 Å². The first-order chi connectivity index (χ1) is 12.2. The number of rotatable bonds is 6. The molecule has 3 aromatic rings. The highest BCUT2D eigenvalue weighted by Crippen LogP contribution is 2.20. The fraction of sp³-hybridized carbons (Fsp3) is 0.105. The number of ether oxygens (including phenoxy) is 1. The minimum Gasteiger partial charge on any atom is -0.497 e. The Morgan fingerprint density at radius 1 is 1.24 bits per heavy atom. The number of carbonyl (C=O) groups is 1. The van der Waals surface area contributed by atoms with E-state index in [2.05, 4.69) is 22.0 Å². The summed E-state index contributed by atoms with van der Waals surface area (Å²) in [5.74, 6) is 0.621. The van der Waals surface area contributed by atoms with Crippen molar-refractivity contribution in [2.45, 2.75) is 0 Å². The molecule has 2 heterocycles. The van der Waals surface area contributed by atoms with E-state index in [4.69, 9.17) is 4.74 Å². The molecule has 6 heteroatoms. The lowest BCUT2D eigenvalue weighted by molar-refractivity contribution is 0.0957. The van der Waals surface area contributed by atoms with Gasteiger partial charge in [0.25, 0.3) is 5.91 Å². The normalized spacial score (nSPS) is 10.3. The van der Waals surface area contributed by atoms with E-state index >= 15 is 0 Å². The molecule has 6 nitrogen and oxygen atoms in total. The van der Waals surface area contributed by atoms with Gasteiger partial charge in [0, 0.05) is 24.5 Å². The SMILES string of the molecule is C=CCNC(=O)c1ccc(-c2cnn(-c3ccc(OC)cc3)c2)nc1. The summed E-state index contributed by atoms with van der Waals surface area (Å²) in [5.41, 5.74) is 3.05. The zero-order valence-corrected chi connectivity index (χ0v) is 13.8. The van der Waals surface area contributed by atoms with Crippen molar-refractivity contribution in [2.75, 3.05) is 13.7 Å². The summed E-state index contributed by atoms with van der Waals surface area (Å²) >= 11 is 0. The summed E-state index contributed by atoms with van der Waals surface area (Å²) in [6, 6.07) is 11.2. The average molecular weight is 334 g/mol. The van der Waals surface area contributed by atoms with Crippen LogP contribution in [-0.2, 0) is 0 Å². The lowest BCUT2D eigenvalue weighted by atomic mass is 10.2. The fourth-order valence-electron chi connectivity index (χ4n) is 2.30. The summed E-state index contributed by atoms with van der Waals surface area (Å²) in [7, 11) is 1.63. The molecular formula is C19H18N4O2. The van der Waals surface area contributed by atoms with E-state index < -0.39 is 0 Å². The molecule has 1 amide bonds. The Morgan fingerprint density at radius 3 is 2.68 bits per heavy atom. The van der Waals surface area contributed by atoms with Gasteiger partial charge in [-0.05, 0) is 36.4 Å². The maximum Gasteiger partial charge on any atom is 0.253 e. The van der Waals surface area contributed by atoms with Crippen LogP contribution in [0.2, 0.25) is 0 Å².